The Labute approximate surface area is 99.3 Å². The van der Waals surface area contributed by atoms with E-state index in [-0.39, 0.29) is 5.60 Å². The number of hydrogen-bond acceptors (Lipinski definition) is 1. The Balaban J connectivity index is 1.84. The fourth-order valence-corrected chi connectivity index (χ4v) is 4.13. The van der Waals surface area contributed by atoms with E-state index < -0.39 is 0 Å². The highest BCUT2D eigenvalue weighted by atomic mass is 16.6. The number of rotatable bonds is 1. The summed E-state index contributed by atoms with van der Waals surface area (Å²) < 4.78 is 5.90. The molecule has 0 unspecified atom stereocenters. The molecule has 2 aliphatic carbocycles. The van der Waals surface area contributed by atoms with Crippen molar-refractivity contribution in [2.45, 2.75) is 58.2 Å². The molecule has 1 heterocycles. The molecule has 0 aromatic rings. The molecule has 0 amide bonds. The van der Waals surface area contributed by atoms with Gasteiger partial charge in [0.1, 0.15) is 0 Å². The molecule has 90 valence electrons. The molecule has 0 spiro atoms. The molecular weight excluding hydrogens is 196 g/mol. The summed E-state index contributed by atoms with van der Waals surface area (Å²) in [6.07, 6.45) is 5.79. The van der Waals surface area contributed by atoms with E-state index in [2.05, 4.69) is 27.4 Å². The van der Waals surface area contributed by atoms with E-state index in [9.17, 15) is 0 Å². The lowest BCUT2D eigenvalue weighted by Gasteiger charge is -2.27. The molecule has 1 nitrogen and oxygen atoms in total. The van der Waals surface area contributed by atoms with Crippen LogP contribution in [0.4, 0.5) is 0 Å². The van der Waals surface area contributed by atoms with E-state index in [4.69, 9.17) is 4.74 Å². The van der Waals surface area contributed by atoms with Gasteiger partial charge in [-0.15, -0.1) is 0 Å². The number of epoxide rings is 1. The van der Waals surface area contributed by atoms with Gasteiger partial charge in [-0.3, -0.25) is 0 Å². The molecule has 3 fully saturated rings. The molecule has 3 aliphatic rings. The zero-order valence-electron chi connectivity index (χ0n) is 10.8. The van der Waals surface area contributed by atoms with Crippen LogP contribution in [0.25, 0.3) is 0 Å². The van der Waals surface area contributed by atoms with Crippen molar-refractivity contribution in [3.8, 4) is 0 Å². The standard InChI is InChI=1S/C15H24O/c1-9(2)11-6-5-10(3)12-8-14-15(4,16-14)13(12)7-11/h9,11-14H,3,5-8H2,1-2,4H3/t11-,12+,13-,14+,15-/m0/s1. The first-order valence-electron chi connectivity index (χ1n) is 6.88. The van der Waals surface area contributed by atoms with E-state index in [0.29, 0.717) is 6.10 Å². The molecule has 16 heavy (non-hydrogen) atoms. The van der Waals surface area contributed by atoms with Crippen LogP contribution in [-0.2, 0) is 4.74 Å². The number of ether oxygens (including phenoxy) is 1. The summed E-state index contributed by atoms with van der Waals surface area (Å²) in [5.74, 6) is 3.23. The molecule has 1 aliphatic heterocycles. The van der Waals surface area contributed by atoms with Crippen LogP contribution in [0.15, 0.2) is 12.2 Å². The number of allylic oxidation sites excluding steroid dienone is 1. The van der Waals surface area contributed by atoms with Crippen molar-refractivity contribution in [3.05, 3.63) is 12.2 Å². The topological polar surface area (TPSA) is 12.5 Å². The first-order chi connectivity index (χ1) is 7.52. The van der Waals surface area contributed by atoms with E-state index in [0.717, 1.165) is 23.7 Å². The smallest absolute Gasteiger partial charge is 0.0954 e. The SMILES string of the molecule is C=C1CC[C@H](C(C)C)C[C@H]2[C@@H]1C[C@H]1O[C@]12C. The van der Waals surface area contributed by atoms with Crippen molar-refractivity contribution < 1.29 is 4.74 Å². The fraction of sp³-hybridized carbons (Fsp3) is 0.867. The third-order valence-corrected chi connectivity index (χ3v) is 5.53. The van der Waals surface area contributed by atoms with Gasteiger partial charge in [-0.2, -0.15) is 0 Å². The molecule has 5 atom stereocenters. The van der Waals surface area contributed by atoms with Crippen molar-refractivity contribution in [1.82, 2.24) is 0 Å². The third kappa shape index (κ3) is 1.40. The van der Waals surface area contributed by atoms with Crippen molar-refractivity contribution in [2.24, 2.45) is 23.7 Å². The Kier molecular flexibility index (Phi) is 2.27. The van der Waals surface area contributed by atoms with E-state index in [1.54, 1.807) is 0 Å². The van der Waals surface area contributed by atoms with Gasteiger partial charge in [0.15, 0.2) is 0 Å². The molecule has 0 bridgehead atoms. The van der Waals surface area contributed by atoms with Gasteiger partial charge < -0.3 is 4.74 Å². The van der Waals surface area contributed by atoms with Crippen LogP contribution in [-0.4, -0.2) is 11.7 Å². The van der Waals surface area contributed by atoms with Gasteiger partial charge in [-0.1, -0.05) is 26.0 Å². The summed E-state index contributed by atoms with van der Waals surface area (Å²) in [5.41, 5.74) is 1.75. The Morgan fingerprint density at radius 2 is 2.12 bits per heavy atom. The van der Waals surface area contributed by atoms with Crippen LogP contribution in [0.5, 0.6) is 0 Å². The van der Waals surface area contributed by atoms with Gasteiger partial charge in [-0.25, -0.2) is 0 Å². The summed E-state index contributed by atoms with van der Waals surface area (Å²) >= 11 is 0. The summed E-state index contributed by atoms with van der Waals surface area (Å²) in [6, 6.07) is 0. The van der Waals surface area contributed by atoms with Gasteiger partial charge in [-0.05, 0) is 56.3 Å². The maximum atomic E-state index is 5.90. The second kappa shape index (κ2) is 3.35. The van der Waals surface area contributed by atoms with Gasteiger partial charge in [0.25, 0.3) is 0 Å². The summed E-state index contributed by atoms with van der Waals surface area (Å²) in [5, 5.41) is 0. The van der Waals surface area contributed by atoms with Crippen LogP contribution in [0.2, 0.25) is 0 Å². The lowest BCUT2D eigenvalue weighted by atomic mass is 9.79. The maximum Gasteiger partial charge on any atom is 0.0954 e. The van der Waals surface area contributed by atoms with Crippen LogP contribution < -0.4 is 0 Å². The van der Waals surface area contributed by atoms with Gasteiger partial charge in [0, 0.05) is 0 Å². The molecule has 1 heteroatoms. The Morgan fingerprint density at radius 3 is 2.81 bits per heavy atom. The Morgan fingerprint density at radius 1 is 1.38 bits per heavy atom. The van der Waals surface area contributed by atoms with E-state index >= 15 is 0 Å². The summed E-state index contributed by atoms with van der Waals surface area (Å²) in [4.78, 5) is 0. The van der Waals surface area contributed by atoms with Gasteiger partial charge in [0.05, 0.1) is 11.7 Å². The molecule has 1 saturated heterocycles. The van der Waals surface area contributed by atoms with Crippen LogP contribution in [0.1, 0.15) is 46.5 Å². The molecule has 3 rings (SSSR count). The Hall–Kier alpha value is -0.300. The minimum absolute atomic E-state index is 0.227. The lowest BCUT2D eigenvalue weighted by Crippen LogP contribution is -2.26. The van der Waals surface area contributed by atoms with E-state index in [1.807, 2.05) is 0 Å². The average molecular weight is 220 g/mol. The highest BCUT2D eigenvalue weighted by Crippen LogP contribution is 2.61. The molecular formula is C15H24O. The van der Waals surface area contributed by atoms with Crippen molar-refractivity contribution in [2.75, 3.05) is 0 Å². The molecule has 0 radical (unpaired) electrons. The first-order valence-corrected chi connectivity index (χ1v) is 6.88. The molecule has 0 aromatic heterocycles. The van der Waals surface area contributed by atoms with E-state index in [1.165, 1.54) is 31.3 Å². The summed E-state index contributed by atoms with van der Waals surface area (Å²) in [7, 11) is 0. The van der Waals surface area contributed by atoms with Gasteiger partial charge in [0.2, 0.25) is 0 Å². The monoisotopic (exact) mass is 220 g/mol. The largest absolute Gasteiger partial charge is 0.366 e. The molecule has 0 N–H and O–H groups in total. The third-order valence-electron chi connectivity index (χ3n) is 5.53. The minimum Gasteiger partial charge on any atom is -0.366 e. The Bertz CT molecular complexity index is 319. The highest BCUT2D eigenvalue weighted by Gasteiger charge is 2.66. The lowest BCUT2D eigenvalue weighted by molar-refractivity contribution is 0.138. The van der Waals surface area contributed by atoms with Crippen molar-refractivity contribution in [1.29, 1.82) is 0 Å². The van der Waals surface area contributed by atoms with Crippen LogP contribution >= 0.6 is 0 Å². The second-order valence-electron chi connectivity index (χ2n) is 6.68. The van der Waals surface area contributed by atoms with Crippen molar-refractivity contribution in [3.63, 3.8) is 0 Å². The number of hydrogen-bond donors (Lipinski definition) is 0. The first kappa shape index (κ1) is 10.8. The zero-order chi connectivity index (χ0) is 11.5. The zero-order valence-corrected chi connectivity index (χ0v) is 10.8. The quantitative estimate of drug-likeness (QED) is 0.484. The molecule has 2 saturated carbocycles. The average Bonchev–Trinajstić information content (AvgIpc) is 2.83. The summed E-state index contributed by atoms with van der Waals surface area (Å²) in [6.45, 7) is 11.4. The normalized spacial score (nSPS) is 51.1. The van der Waals surface area contributed by atoms with Crippen LogP contribution in [0.3, 0.4) is 0 Å². The van der Waals surface area contributed by atoms with Crippen LogP contribution in [0, 0.1) is 23.7 Å². The molecule has 0 aromatic carbocycles. The van der Waals surface area contributed by atoms with Gasteiger partial charge >= 0.3 is 0 Å². The number of fused-ring (bicyclic) bond motifs is 3. The maximum absolute atomic E-state index is 5.90. The predicted octanol–water partition coefficient (Wildman–Crippen LogP) is 3.79. The predicted molar refractivity (Wildman–Crippen MR) is 66.2 cm³/mol. The minimum atomic E-state index is 0.227. The second-order valence-corrected chi connectivity index (χ2v) is 6.68. The fourth-order valence-electron chi connectivity index (χ4n) is 4.13. The van der Waals surface area contributed by atoms with Crippen molar-refractivity contribution >= 4 is 0 Å². The highest BCUT2D eigenvalue weighted by molar-refractivity contribution is 5.21.